The molecule has 3 aromatic rings. The number of nitrogens with one attached hydrogen (secondary N) is 2. The molecule has 148 valence electrons. The van der Waals surface area contributed by atoms with Crippen LogP contribution < -0.4 is 14.2 Å². The number of benzene rings is 2. The summed E-state index contributed by atoms with van der Waals surface area (Å²) in [5.41, 5.74) is 1.54. The van der Waals surface area contributed by atoms with Gasteiger partial charge in [-0.2, -0.15) is 4.72 Å². The normalized spacial score (nSPS) is 12.6. The second-order valence-electron chi connectivity index (χ2n) is 6.09. The van der Waals surface area contributed by atoms with Crippen molar-refractivity contribution in [1.82, 2.24) is 9.71 Å². The minimum Gasteiger partial charge on any atom is -0.497 e. The van der Waals surface area contributed by atoms with E-state index in [0.29, 0.717) is 11.3 Å². The number of aromatic amines is 1. The number of carbonyl (C=O) groups is 1. The number of carboxylic acid groups (broad SMARTS) is 1. The SMILES string of the molecule is COc1ccc(OC)c(S(=O)(=O)NC(Cc2c[nH]c3ccccc23)C(=O)O)c1. The highest BCUT2D eigenvalue weighted by Gasteiger charge is 2.29. The van der Waals surface area contributed by atoms with Crippen LogP contribution >= 0.6 is 0 Å². The van der Waals surface area contributed by atoms with Crippen LogP contribution in [0, 0.1) is 0 Å². The molecule has 0 amide bonds. The molecule has 0 saturated heterocycles. The van der Waals surface area contributed by atoms with Crippen LogP contribution in [-0.4, -0.2) is 44.7 Å². The van der Waals surface area contributed by atoms with Crippen LogP contribution in [-0.2, 0) is 21.2 Å². The second kappa shape index (κ2) is 7.91. The second-order valence-corrected chi connectivity index (χ2v) is 7.77. The first-order valence-corrected chi connectivity index (χ1v) is 9.86. The monoisotopic (exact) mass is 404 g/mol. The Morgan fingerprint density at radius 3 is 2.61 bits per heavy atom. The summed E-state index contributed by atoms with van der Waals surface area (Å²) < 4.78 is 38.2. The molecule has 0 aliphatic carbocycles. The lowest BCUT2D eigenvalue weighted by Crippen LogP contribution is -2.42. The summed E-state index contributed by atoms with van der Waals surface area (Å²) in [7, 11) is -1.44. The molecule has 1 heterocycles. The summed E-state index contributed by atoms with van der Waals surface area (Å²) in [6.45, 7) is 0. The topological polar surface area (TPSA) is 118 Å². The Morgan fingerprint density at radius 2 is 1.93 bits per heavy atom. The van der Waals surface area contributed by atoms with Crippen LogP contribution in [0.15, 0.2) is 53.6 Å². The molecule has 3 N–H and O–H groups in total. The average Bonchev–Trinajstić information content (AvgIpc) is 3.09. The highest BCUT2D eigenvalue weighted by atomic mass is 32.2. The van der Waals surface area contributed by atoms with Gasteiger partial charge in [0, 0.05) is 29.6 Å². The van der Waals surface area contributed by atoms with Gasteiger partial charge in [0.2, 0.25) is 10.0 Å². The van der Waals surface area contributed by atoms with Crippen LogP contribution in [0.1, 0.15) is 5.56 Å². The Labute approximate surface area is 162 Å². The van der Waals surface area contributed by atoms with E-state index in [1.807, 2.05) is 24.3 Å². The van der Waals surface area contributed by atoms with E-state index in [0.717, 1.165) is 10.9 Å². The Hall–Kier alpha value is -3.04. The molecular formula is C19H20N2O6S. The first kappa shape index (κ1) is 19.7. The zero-order valence-corrected chi connectivity index (χ0v) is 16.1. The number of methoxy groups -OCH3 is 2. The maximum absolute atomic E-state index is 12.9. The third kappa shape index (κ3) is 3.95. The van der Waals surface area contributed by atoms with E-state index in [9.17, 15) is 18.3 Å². The van der Waals surface area contributed by atoms with E-state index in [-0.39, 0.29) is 17.1 Å². The zero-order chi connectivity index (χ0) is 20.3. The number of fused-ring (bicyclic) bond motifs is 1. The van der Waals surface area contributed by atoms with Crippen LogP contribution in [0.2, 0.25) is 0 Å². The summed E-state index contributed by atoms with van der Waals surface area (Å²) in [6.07, 6.45) is 1.66. The molecular weight excluding hydrogens is 384 g/mol. The van der Waals surface area contributed by atoms with Crippen LogP contribution in [0.5, 0.6) is 11.5 Å². The van der Waals surface area contributed by atoms with Gasteiger partial charge in [-0.15, -0.1) is 0 Å². The van der Waals surface area contributed by atoms with Gasteiger partial charge in [0.05, 0.1) is 14.2 Å². The minimum absolute atomic E-state index is 0.0230. The molecule has 0 radical (unpaired) electrons. The van der Waals surface area contributed by atoms with Crippen molar-refractivity contribution in [2.75, 3.05) is 14.2 Å². The van der Waals surface area contributed by atoms with Crippen molar-refractivity contribution in [1.29, 1.82) is 0 Å². The molecule has 1 aromatic heterocycles. The number of carboxylic acids is 1. The van der Waals surface area contributed by atoms with E-state index < -0.39 is 22.0 Å². The molecule has 2 aromatic carbocycles. The van der Waals surface area contributed by atoms with Gasteiger partial charge in [-0.05, 0) is 23.8 Å². The predicted octanol–water partition coefficient (Wildman–Crippen LogP) is 2.16. The lowest BCUT2D eigenvalue weighted by Gasteiger charge is -2.16. The van der Waals surface area contributed by atoms with Gasteiger partial charge in [0.1, 0.15) is 22.4 Å². The predicted molar refractivity (Wildman–Crippen MR) is 103 cm³/mol. The molecule has 1 atom stereocenters. The average molecular weight is 404 g/mol. The maximum atomic E-state index is 12.9. The number of hydrogen-bond acceptors (Lipinski definition) is 5. The van der Waals surface area contributed by atoms with Crippen molar-refractivity contribution in [3.8, 4) is 11.5 Å². The fourth-order valence-electron chi connectivity index (χ4n) is 2.94. The standard InChI is InChI=1S/C19H20N2O6S/c1-26-13-7-8-17(27-2)18(10-13)28(24,25)21-16(19(22)23)9-12-11-20-15-6-4-3-5-14(12)15/h3-8,10-11,16,20-21H,9H2,1-2H3,(H,22,23). The number of aliphatic carboxylic acids is 1. The van der Waals surface area contributed by atoms with Crippen molar-refractivity contribution >= 4 is 26.9 Å². The highest BCUT2D eigenvalue weighted by molar-refractivity contribution is 7.89. The summed E-state index contributed by atoms with van der Waals surface area (Å²) in [5, 5.41) is 10.4. The fraction of sp³-hybridized carbons (Fsp3) is 0.211. The Balaban J connectivity index is 1.93. The Kier molecular flexibility index (Phi) is 5.57. The molecule has 0 bridgehead atoms. The van der Waals surface area contributed by atoms with Gasteiger partial charge in [-0.25, -0.2) is 8.42 Å². The number of hydrogen-bond donors (Lipinski definition) is 3. The van der Waals surface area contributed by atoms with E-state index in [1.165, 1.54) is 26.4 Å². The van der Waals surface area contributed by atoms with Crippen molar-refractivity contribution < 1.29 is 27.8 Å². The van der Waals surface area contributed by atoms with Gasteiger partial charge >= 0.3 is 5.97 Å². The fourth-order valence-corrected chi connectivity index (χ4v) is 4.32. The summed E-state index contributed by atoms with van der Waals surface area (Å²) in [6, 6.07) is 10.3. The number of H-pyrrole nitrogens is 1. The number of sulfonamides is 1. The van der Waals surface area contributed by atoms with Crippen molar-refractivity contribution in [2.45, 2.75) is 17.4 Å². The molecule has 0 fully saturated rings. The Bertz CT molecular complexity index is 1110. The van der Waals surface area contributed by atoms with Crippen LogP contribution in [0.4, 0.5) is 0 Å². The van der Waals surface area contributed by atoms with Crippen LogP contribution in [0.3, 0.4) is 0 Å². The minimum atomic E-state index is -4.18. The molecule has 0 aliphatic rings. The summed E-state index contributed by atoms with van der Waals surface area (Å²) >= 11 is 0. The number of para-hydroxylation sites is 1. The van der Waals surface area contributed by atoms with Gasteiger partial charge < -0.3 is 19.6 Å². The van der Waals surface area contributed by atoms with Crippen molar-refractivity contribution in [3.63, 3.8) is 0 Å². The van der Waals surface area contributed by atoms with Gasteiger partial charge in [0.15, 0.2) is 0 Å². The van der Waals surface area contributed by atoms with E-state index in [4.69, 9.17) is 9.47 Å². The van der Waals surface area contributed by atoms with Crippen LogP contribution in [0.25, 0.3) is 10.9 Å². The molecule has 9 heteroatoms. The van der Waals surface area contributed by atoms with E-state index in [2.05, 4.69) is 9.71 Å². The van der Waals surface area contributed by atoms with Gasteiger partial charge in [-0.1, -0.05) is 18.2 Å². The third-order valence-corrected chi connectivity index (χ3v) is 5.85. The molecule has 3 rings (SSSR count). The van der Waals surface area contributed by atoms with E-state index in [1.54, 1.807) is 12.3 Å². The molecule has 0 saturated carbocycles. The molecule has 0 spiro atoms. The maximum Gasteiger partial charge on any atom is 0.322 e. The first-order chi connectivity index (χ1) is 13.4. The number of aromatic nitrogens is 1. The number of rotatable bonds is 8. The molecule has 28 heavy (non-hydrogen) atoms. The zero-order valence-electron chi connectivity index (χ0n) is 15.3. The summed E-state index contributed by atoms with van der Waals surface area (Å²) in [5.74, 6) is -0.884. The molecule has 0 aliphatic heterocycles. The smallest absolute Gasteiger partial charge is 0.322 e. The molecule has 8 nitrogen and oxygen atoms in total. The van der Waals surface area contributed by atoms with Gasteiger partial charge in [-0.3, -0.25) is 4.79 Å². The molecule has 1 unspecified atom stereocenters. The highest BCUT2D eigenvalue weighted by Crippen LogP contribution is 2.28. The first-order valence-electron chi connectivity index (χ1n) is 8.38. The quantitative estimate of drug-likeness (QED) is 0.530. The van der Waals surface area contributed by atoms with Crippen molar-refractivity contribution in [2.24, 2.45) is 0 Å². The van der Waals surface area contributed by atoms with E-state index >= 15 is 0 Å². The largest absolute Gasteiger partial charge is 0.497 e. The Morgan fingerprint density at radius 1 is 1.18 bits per heavy atom. The lowest BCUT2D eigenvalue weighted by atomic mass is 10.1. The van der Waals surface area contributed by atoms with Gasteiger partial charge in [0.25, 0.3) is 0 Å². The van der Waals surface area contributed by atoms with Crippen molar-refractivity contribution in [3.05, 3.63) is 54.2 Å². The summed E-state index contributed by atoms with van der Waals surface area (Å²) in [4.78, 5) is 14.6. The third-order valence-electron chi connectivity index (χ3n) is 4.35. The number of ether oxygens (including phenoxy) is 2. The lowest BCUT2D eigenvalue weighted by molar-refractivity contribution is -0.138.